The molecule has 0 saturated heterocycles. The van der Waals surface area contributed by atoms with Crippen LogP contribution in [0, 0.1) is 5.92 Å². The van der Waals surface area contributed by atoms with Crippen molar-refractivity contribution in [3.63, 3.8) is 0 Å². The van der Waals surface area contributed by atoms with Crippen LogP contribution < -0.4 is 5.32 Å². The smallest absolute Gasteiger partial charge is 0.0959 e. The van der Waals surface area contributed by atoms with Gasteiger partial charge in [-0.25, -0.2) is 4.98 Å². The van der Waals surface area contributed by atoms with Gasteiger partial charge in [0.1, 0.15) is 0 Å². The summed E-state index contributed by atoms with van der Waals surface area (Å²) in [6.45, 7) is 3.27. The zero-order chi connectivity index (χ0) is 10.7. The Morgan fingerprint density at radius 3 is 3.13 bits per heavy atom. The van der Waals surface area contributed by atoms with Gasteiger partial charge >= 0.3 is 0 Å². The predicted molar refractivity (Wildman–Crippen MR) is 65.3 cm³/mol. The average Bonchev–Trinajstić information content (AvgIpc) is 2.67. The fourth-order valence-electron chi connectivity index (χ4n) is 2.43. The lowest BCUT2D eigenvalue weighted by Gasteiger charge is -2.24. The zero-order valence-corrected chi connectivity index (χ0v) is 10.4. The van der Waals surface area contributed by atoms with Crippen LogP contribution in [-0.2, 0) is 6.54 Å². The van der Waals surface area contributed by atoms with Crippen molar-refractivity contribution in [3.05, 3.63) is 16.1 Å². The number of hydrogen-bond acceptors (Lipinski definition) is 3. The number of thiazole rings is 1. The summed E-state index contributed by atoms with van der Waals surface area (Å²) in [7, 11) is 1.97. The molecule has 84 valence electrons. The van der Waals surface area contributed by atoms with Crippen LogP contribution in [-0.4, -0.2) is 12.0 Å². The average molecular weight is 224 g/mol. The molecule has 3 heteroatoms. The molecule has 1 aromatic rings. The molecule has 1 fully saturated rings. The minimum absolute atomic E-state index is 0.740. The van der Waals surface area contributed by atoms with E-state index in [9.17, 15) is 0 Å². The van der Waals surface area contributed by atoms with Gasteiger partial charge in [-0.3, -0.25) is 0 Å². The maximum absolute atomic E-state index is 4.71. The van der Waals surface area contributed by atoms with Gasteiger partial charge in [0.25, 0.3) is 0 Å². The van der Waals surface area contributed by atoms with Gasteiger partial charge < -0.3 is 5.32 Å². The Balaban J connectivity index is 2.01. The fourth-order valence-corrected chi connectivity index (χ4v) is 3.40. The molecule has 0 radical (unpaired) electrons. The third kappa shape index (κ3) is 2.79. The van der Waals surface area contributed by atoms with Gasteiger partial charge in [-0.05, 0) is 25.8 Å². The van der Waals surface area contributed by atoms with Crippen LogP contribution in [0.4, 0.5) is 0 Å². The van der Waals surface area contributed by atoms with Crippen molar-refractivity contribution in [3.8, 4) is 0 Å². The Kier molecular flexibility index (Phi) is 3.76. The van der Waals surface area contributed by atoms with Gasteiger partial charge in [0, 0.05) is 17.8 Å². The summed E-state index contributed by atoms with van der Waals surface area (Å²) in [5.74, 6) is 1.63. The van der Waals surface area contributed by atoms with Crippen molar-refractivity contribution in [2.45, 2.75) is 45.1 Å². The lowest BCUT2D eigenvalue weighted by molar-refractivity contribution is 0.343. The topological polar surface area (TPSA) is 24.9 Å². The van der Waals surface area contributed by atoms with Gasteiger partial charge in [-0.2, -0.15) is 0 Å². The van der Waals surface area contributed by atoms with Crippen molar-refractivity contribution < 1.29 is 0 Å². The van der Waals surface area contributed by atoms with E-state index in [-0.39, 0.29) is 0 Å². The molecule has 0 aliphatic heterocycles. The molecule has 0 amide bonds. The molecule has 0 aromatic carbocycles. The summed E-state index contributed by atoms with van der Waals surface area (Å²) in [6.07, 6.45) is 5.47. The molecule has 1 N–H and O–H groups in total. The highest BCUT2D eigenvalue weighted by Gasteiger charge is 2.22. The Bertz CT molecular complexity index is 308. The van der Waals surface area contributed by atoms with E-state index in [2.05, 4.69) is 17.6 Å². The molecule has 2 atom stereocenters. The highest BCUT2D eigenvalue weighted by molar-refractivity contribution is 7.09. The molecule has 1 aliphatic rings. The molecular weight excluding hydrogens is 204 g/mol. The third-order valence-corrected chi connectivity index (χ3v) is 4.27. The summed E-state index contributed by atoms with van der Waals surface area (Å²) < 4.78 is 0. The van der Waals surface area contributed by atoms with Crippen LogP contribution in [0.1, 0.15) is 49.2 Å². The number of hydrogen-bond donors (Lipinski definition) is 1. The zero-order valence-electron chi connectivity index (χ0n) is 9.62. The highest BCUT2D eigenvalue weighted by atomic mass is 32.1. The Labute approximate surface area is 96.1 Å². The Hall–Kier alpha value is -0.410. The van der Waals surface area contributed by atoms with Crippen LogP contribution in [0.2, 0.25) is 0 Å². The fraction of sp³-hybridized carbons (Fsp3) is 0.750. The van der Waals surface area contributed by atoms with Crippen molar-refractivity contribution in [2.75, 3.05) is 7.05 Å². The molecule has 15 heavy (non-hydrogen) atoms. The van der Waals surface area contributed by atoms with E-state index < -0.39 is 0 Å². The summed E-state index contributed by atoms with van der Waals surface area (Å²) in [5.41, 5.74) is 1.20. The Morgan fingerprint density at radius 2 is 2.40 bits per heavy atom. The number of aromatic nitrogens is 1. The first-order valence-corrected chi connectivity index (χ1v) is 6.76. The molecule has 1 heterocycles. The third-order valence-electron chi connectivity index (χ3n) is 3.21. The first-order valence-electron chi connectivity index (χ1n) is 5.88. The van der Waals surface area contributed by atoms with Crippen LogP contribution >= 0.6 is 11.3 Å². The van der Waals surface area contributed by atoms with E-state index in [0.717, 1.165) is 18.4 Å². The van der Waals surface area contributed by atoms with Gasteiger partial charge in [0.05, 0.1) is 10.7 Å². The van der Waals surface area contributed by atoms with Crippen LogP contribution in [0.25, 0.3) is 0 Å². The molecule has 1 saturated carbocycles. The van der Waals surface area contributed by atoms with Gasteiger partial charge in [-0.15, -0.1) is 11.3 Å². The van der Waals surface area contributed by atoms with Crippen molar-refractivity contribution in [2.24, 2.45) is 5.92 Å². The molecule has 2 unspecified atom stereocenters. The molecule has 2 nitrogen and oxygen atoms in total. The second kappa shape index (κ2) is 5.08. The van der Waals surface area contributed by atoms with Gasteiger partial charge in [0.2, 0.25) is 0 Å². The van der Waals surface area contributed by atoms with Gasteiger partial charge in [0.15, 0.2) is 0 Å². The number of rotatable bonds is 3. The summed E-state index contributed by atoms with van der Waals surface area (Å²) in [6, 6.07) is 0. The molecule has 1 aliphatic carbocycles. The lowest BCUT2D eigenvalue weighted by Crippen LogP contribution is -2.12. The highest BCUT2D eigenvalue weighted by Crippen LogP contribution is 2.37. The molecule has 0 bridgehead atoms. The second-order valence-corrected chi connectivity index (χ2v) is 5.57. The van der Waals surface area contributed by atoms with E-state index in [1.807, 2.05) is 18.4 Å². The standard InChI is InChI=1S/C12H20N2S/c1-9-4-3-5-10(6-9)12-14-11(7-13-2)8-15-12/h8-10,13H,3-7H2,1-2H3. The molecule has 2 rings (SSSR count). The lowest BCUT2D eigenvalue weighted by atomic mass is 9.83. The normalized spacial score (nSPS) is 26.8. The predicted octanol–water partition coefficient (Wildman–Crippen LogP) is 3.16. The maximum Gasteiger partial charge on any atom is 0.0959 e. The number of nitrogens with zero attached hydrogens (tertiary/aromatic N) is 1. The van der Waals surface area contributed by atoms with Crippen molar-refractivity contribution in [1.82, 2.24) is 10.3 Å². The minimum Gasteiger partial charge on any atom is -0.314 e. The summed E-state index contributed by atoms with van der Waals surface area (Å²) in [4.78, 5) is 4.71. The quantitative estimate of drug-likeness (QED) is 0.853. The van der Waals surface area contributed by atoms with E-state index >= 15 is 0 Å². The maximum atomic E-state index is 4.71. The summed E-state index contributed by atoms with van der Waals surface area (Å²) in [5, 5.41) is 6.72. The van der Waals surface area contributed by atoms with Crippen molar-refractivity contribution in [1.29, 1.82) is 0 Å². The first kappa shape index (κ1) is 11.1. The molecule has 1 aromatic heterocycles. The molecule has 0 spiro atoms. The van der Waals surface area contributed by atoms with E-state index in [1.165, 1.54) is 36.4 Å². The monoisotopic (exact) mass is 224 g/mol. The van der Waals surface area contributed by atoms with Crippen molar-refractivity contribution >= 4 is 11.3 Å². The van der Waals surface area contributed by atoms with E-state index in [1.54, 1.807) is 0 Å². The Morgan fingerprint density at radius 1 is 1.53 bits per heavy atom. The summed E-state index contributed by atoms with van der Waals surface area (Å²) >= 11 is 1.85. The minimum atomic E-state index is 0.740. The first-order chi connectivity index (χ1) is 7.29. The second-order valence-electron chi connectivity index (χ2n) is 4.68. The van der Waals surface area contributed by atoms with Crippen LogP contribution in [0.15, 0.2) is 5.38 Å². The van der Waals surface area contributed by atoms with Crippen LogP contribution in [0.3, 0.4) is 0 Å². The van der Waals surface area contributed by atoms with Gasteiger partial charge in [-0.1, -0.05) is 19.8 Å². The SMILES string of the molecule is CNCc1csc(C2CCCC(C)C2)n1. The van der Waals surface area contributed by atoms with Crippen LogP contribution in [0.5, 0.6) is 0 Å². The number of nitrogens with one attached hydrogen (secondary N) is 1. The van der Waals surface area contributed by atoms with E-state index in [4.69, 9.17) is 4.98 Å². The van der Waals surface area contributed by atoms with E-state index in [0.29, 0.717) is 0 Å². The largest absolute Gasteiger partial charge is 0.314 e. The molecular formula is C12H20N2S.